The maximum Gasteiger partial charge on any atom is 0.335 e. The number of carbonyl (C=O) groups excluding carboxylic acids is 3. The highest BCUT2D eigenvalue weighted by Gasteiger charge is 2.36. The minimum atomic E-state index is -0.767. The monoisotopic (exact) mass is 522 g/mol. The first kappa shape index (κ1) is 23.0. The van der Waals surface area contributed by atoms with E-state index in [1.165, 1.54) is 6.08 Å². The van der Waals surface area contributed by atoms with E-state index in [1.54, 1.807) is 12.1 Å². The van der Waals surface area contributed by atoms with E-state index in [9.17, 15) is 14.4 Å². The van der Waals surface area contributed by atoms with Crippen molar-refractivity contribution in [2.24, 2.45) is 0 Å². The summed E-state index contributed by atoms with van der Waals surface area (Å²) in [5.74, 6) is -1.40. The van der Waals surface area contributed by atoms with Crippen LogP contribution >= 0.6 is 27.5 Å². The maximum absolute atomic E-state index is 13.3. The Morgan fingerprint density at radius 2 is 1.70 bits per heavy atom. The predicted octanol–water partition coefficient (Wildman–Crippen LogP) is 5.92. The Morgan fingerprint density at radius 1 is 0.970 bits per heavy atom. The van der Waals surface area contributed by atoms with Gasteiger partial charge in [-0.25, -0.2) is 9.69 Å². The number of rotatable bonds is 5. The number of barbiturate groups is 1. The van der Waals surface area contributed by atoms with Crippen molar-refractivity contribution in [2.75, 3.05) is 4.90 Å². The number of anilines is 1. The summed E-state index contributed by atoms with van der Waals surface area (Å²) in [6.07, 6.45) is 2.87. The quantitative estimate of drug-likeness (QED) is 0.333. The zero-order chi connectivity index (χ0) is 23.5. The van der Waals surface area contributed by atoms with Crippen molar-refractivity contribution in [2.45, 2.75) is 19.8 Å². The number of aryl methyl sites for hydroxylation is 1. The summed E-state index contributed by atoms with van der Waals surface area (Å²) in [5.41, 5.74) is 3.85. The van der Waals surface area contributed by atoms with Crippen molar-refractivity contribution >= 4 is 57.1 Å². The second-order valence-electron chi connectivity index (χ2n) is 7.59. The van der Waals surface area contributed by atoms with E-state index in [4.69, 9.17) is 11.6 Å². The number of carbonyl (C=O) groups is 3. The molecule has 7 heteroatoms. The Hall–Kier alpha value is -3.22. The number of halogens is 2. The zero-order valence-electron chi connectivity index (χ0n) is 17.8. The first-order valence-corrected chi connectivity index (χ1v) is 11.6. The second kappa shape index (κ2) is 9.73. The summed E-state index contributed by atoms with van der Waals surface area (Å²) in [7, 11) is 0. The fourth-order valence-electron chi connectivity index (χ4n) is 3.64. The third-order valence-corrected chi connectivity index (χ3v) is 6.31. The standard InChI is InChI=1S/C26H20BrClN2O3/c1-2-16-7-11-21(12-8-16)30-25(32)22(24(31)29-26(30)33)15-19-14-20(27)10-9-17(19)13-18-5-3-4-6-23(18)28/h3-12,14-15H,2,13H2,1H3,(H,29,31,33)/b22-15+. The molecular formula is C26H20BrClN2O3. The molecule has 1 saturated heterocycles. The van der Waals surface area contributed by atoms with Gasteiger partial charge < -0.3 is 0 Å². The van der Waals surface area contributed by atoms with Crippen LogP contribution < -0.4 is 10.2 Å². The van der Waals surface area contributed by atoms with Crippen LogP contribution in [0.15, 0.2) is 76.8 Å². The maximum atomic E-state index is 13.3. The molecule has 0 aliphatic carbocycles. The van der Waals surface area contributed by atoms with E-state index in [0.717, 1.165) is 32.5 Å². The van der Waals surface area contributed by atoms with Crippen molar-refractivity contribution in [3.8, 4) is 0 Å². The van der Waals surface area contributed by atoms with Gasteiger partial charge >= 0.3 is 6.03 Å². The van der Waals surface area contributed by atoms with Gasteiger partial charge in [-0.2, -0.15) is 0 Å². The molecule has 3 aromatic rings. The van der Waals surface area contributed by atoms with Gasteiger partial charge in [-0.1, -0.05) is 70.9 Å². The third-order valence-electron chi connectivity index (χ3n) is 5.45. The van der Waals surface area contributed by atoms with Crippen LogP contribution in [0.5, 0.6) is 0 Å². The van der Waals surface area contributed by atoms with Crippen molar-refractivity contribution < 1.29 is 14.4 Å². The first-order chi connectivity index (χ1) is 15.9. The number of hydrogen-bond acceptors (Lipinski definition) is 3. The molecule has 4 amide bonds. The van der Waals surface area contributed by atoms with Crippen LogP contribution in [0.3, 0.4) is 0 Å². The van der Waals surface area contributed by atoms with Crippen LogP contribution in [0.2, 0.25) is 5.02 Å². The fourth-order valence-corrected chi connectivity index (χ4v) is 4.22. The number of nitrogens with zero attached hydrogens (tertiary/aromatic N) is 1. The Bertz CT molecular complexity index is 1280. The van der Waals surface area contributed by atoms with E-state index in [2.05, 4.69) is 21.2 Å². The van der Waals surface area contributed by atoms with Crippen LogP contribution in [0, 0.1) is 0 Å². The lowest BCUT2D eigenvalue weighted by Gasteiger charge is -2.26. The van der Waals surface area contributed by atoms with Gasteiger partial charge in [0.25, 0.3) is 11.8 Å². The molecule has 4 rings (SSSR count). The average Bonchev–Trinajstić information content (AvgIpc) is 2.80. The van der Waals surface area contributed by atoms with Crippen molar-refractivity contribution in [1.82, 2.24) is 5.32 Å². The van der Waals surface area contributed by atoms with Crippen LogP contribution in [0.1, 0.15) is 29.2 Å². The summed E-state index contributed by atoms with van der Waals surface area (Å²) in [6, 6.07) is 19.5. The predicted molar refractivity (Wildman–Crippen MR) is 133 cm³/mol. The molecule has 0 radical (unpaired) electrons. The fraction of sp³-hybridized carbons (Fsp3) is 0.115. The van der Waals surface area contributed by atoms with Gasteiger partial charge in [-0.05, 0) is 71.5 Å². The number of imide groups is 2. The van der Waals surface area contributed by atoms with Crippen molar-refractivity contribution in [1.29, 1.82) is 0 Å². The zero-order valence-corrected chi connectivity index (χ0v) is 20.1. The molecule has 0 unspecified atom stereocenters. The molecule has 0 aromatic heterocycles. The summed E-state index contributed by atoms with van der Waals surface area (Å²) >= 11 is 9.79. The summed E-state index contributed by atoms with van der Waals surface area (Å²) in [6.45, 7) is 2.02. The molecule has 0 spiro atoms. The minimum Gasteiger partial charge on any atom is -0.273 e. The van der Waals surface area contributed by atoms with E-state index < -0.39 is 17.8 Å². The molecule has 33 heavy (non-hydrogen) atoms. The molecule has 3 aromatic carbocycles. The number of amides is 4. The lowest BCUT2D eigenvalue weighted by atomic mass is 9.97. The number of urea groups is 1. The van der Waals surface area contributed by atoms with Gasteiger partial charge in [0.2, 0.25) is 0 Å². The van der Waals surface area contributed by atoms with Crippen molar-refractivity contribution in [3.05, 3.63) is 104 Å². The van der Waals surface area contributed by atoms with Crippen LogP contribution in [0.4, 0.5) is 10.5 Å². The number of nitrogens with one attached hydrogen (secondary N) is 1. The molecule has 1 aliphatic heterocycles. The van der Waals surface area contributed by atoms with Gasteiger partial charge in [-0.3, -0.25) is 14.9 Å². The first-order valence-electron chi connectivity index (χ1n) is 10.4. The summed E-state index contributed by atoms with van der Waals surface area (Å²) in [4.78, 5) is 39.4. The summed E-state index contributed by atoms with van der Waals surface area (Å²) < 4.78 is 0.795. The molecule has 1 aliphatic rings. The smallest absolute Gasteiger partial charge is 0.273 e. The van der Waals surface area contributed by atoms with Gasteiger partial charge in [0, 0.05) is 9.50 Å². The molecule has 166 valence electrons. The Labute approximate surface area is 205 Å². The third kappa shape index (κ3) is 4.92. The van der Waals surface area contributed by atoms with E-state index in [1.807, 2.05) is 61.5 Å². The number of benzene rings is 3. The molecule has 1 heterocycles. The molecule has 0 atom stereocenters. The highest BCUT2D eigenvalue weighted by molar-refractivity contribution is 9.10. The SMILES string of the molecule is CCc1ccc(N2C(=O)NC(=O)/C(=C\c3cc(Br)ccc3Cc3ccccc3Cl)C2=O)cc1. The molecule has 1 N–H and O–H groups in total. The largest absolute Gasteiger partial charge is 0.335 e. The van der Waals surface area contributed by atoms with Crippen LogP contribution in [0.25, 0.3) is 6.08 Å². The Kier molecular flexibility index (Phi) is 6.77. The van der Waals surface area contributed by atoms with E-state index in [0.29, 0.717) is 22.7 Å². The van der Waals surface area contributed by atoms with Gasteiger partial charge in [0.15, 0.2) is 0 Å². The minimum absolute atomic E-state index is 0.118. The van der Waals surface area contributed by atoms with E-state index in [-0.39, 0.29) is 5.57 Å². The lowest BCUT2D eigenvalue weighted by Crippen LogP contribution is -2.54. The van der Waals surface area contributed by atoms with Crippen LogP contribution in [-0.2, 0) is 22.4 Å². The van der Waals surface area contributed by atoms with E-state index >= 15 is 0 Å². The van der Waals surface area contributed by atoms with Crippen LogP contribution in [-0.4, -0.2) is 17.8 Å². The van der Waals surface area contributed by atoms with Gasteiger partial charge in [0.05, 0.1) is 5.69 Å². The van der Waals surface area contributed by atoms with Gasteiger partial charge in [-0.15, -0.1) is 0 Å². The second-order valence-corrected chi connectivity index (χ2v) is 8.91. The Balaban J connectivity index is 1.73. The topological polar surface area (TPSA) is 66.5 Å². The molecule has 0 bridgehead atoms. The molecule has 0 saturated carbocycles. The molecular weight excluding hydrogens is 504 g/mol. The lowest BCUT2D eigenvalue weighted by molar-refractivity contribution is -0.122. The summed E-state index contributed by atoms with van der Waals surface area (Å²) in [5, 5.41) is 2.91. The molecule has 1 fully saturated rings. The van der Waals surface area contributed by atoms with Gasteiger partial charge in [0.1, 0.15) is 5.57 Å². The normalized spacial score (nSPS) is 15.2. The number of hydrogen-bond donors (Lipinski definition) is 1. The highest BCUT2D eigenvalue weighted by Crippen LogP contribution is 2.27. The van der Waals surface area contributed by atoms with Crippen molar-refractivity contribution in [3.63, 3.8) is 0 Å². The average molecular weight is 524 g/mol. The molecule has 5 nitrogen and oxygen atoms in total. The Morgan fingerprint density at radius 3 is 2.39 bits per heavy atom. The highest BCUT2D eigenvalue weighted by atomic mass is 79.9.